The van der Waals surface area contributed by atoms with Crippen molar-refractivity contribution >= 4 is 23.8 Å². The van der Waals surface area contributed by atoms with Crippen molar-refractivity contribution in [3.05, 3.63) is 47.0 Å². The van der Waals surface area contributed by atoms with Gasteiger partial charge in [-0.05, 0) is 51.6 Å². The normalized spacial score (nSPS) is 12.6. The Morgan fingerprint density at radius 1 is 0.775 bits per heavy atom. The molecular weight excluding hydrogens is 587 g/mol. The highest BCUT2D eigenvalue weighted by atomic mass is 79.9. The molecule has 7 heteroatoms. The van der Waals surface area contributed by atoms with Gasteiger partial charge in [-0.1, -0.05) is 140 Å². The molecule has 0 spiro atoms. The summed E-state index contributed by atoms with van der Waals surface area (Å²) in [5, 5.41) is 0.514. The van der Waals surface area contributed by atoms with Gasteiger partial charge in [0.1, 0.15) is 11.5 Å². The Bertz CT molecular complexity index is 1110. The molecule has 5 nitrogen and oxygen atoms in total. The van der Waals surface area contributed by atoms with E-state index < -0.39 is 7.82 Å². The average Bonchev–Trinajstić information content (AvgIpc) is 2.84. The van der Waals surface area contributed by atoms with Gasteiger partial charge in [0.2, 0.25) is 0 Å². The average molecular weight is 640 g/mol. The van der Waals surface area contributed by atoms with Gasteiger partial charge in [-0.15, -0.1) is 0 Å². The number of phosphoric acid groups is 1. The summed E-state index contributed by atoms with van der Waals surface area (Å²) in [5.41, 5.74) is 4.26. The fourth-order valence-electron chi connectivity index (χ4n) is 5.08. The maximum atomic E-state index is 11.9. The predicted molar refractivity (Wildman–Crippen MR) is 172 cm³/mol. The third-order valence-corrected chi connectivity index (χ3v) is 8.27. The Morgan fingerprint density at radius 3 is 1.82 bits per heavy atom. The molecule has 0 aliphatic heterocycles. The van der Waals surface area contributed by atoms with E-state index in [9.17, 15) is 14.4 Å². The minimum absolute atomic E-state index is 0.147. The number of alkyl halides is 1. The van der Waals surface area contributed by atoms with Gasteiger partial charge in [-0.25, -0.2) is 4.57 Å². The monoisotopic (exact) mass is 638 g/mol. The standard InChI is InChI=1S/C33H52BrO5P/c1-8-9-10-11-12-13-14-15-16-17-21-38-30-22-26(27(32(2,3)4)23-28(30)33(5,6)7)31-25(24-34)19-18-20-29(31)39-40(35,36)37/h18-20,22-23H,8-17,21,24H2,1-7H3,(H2,35,36,37). The predicted octanol–water partition coefficient (Wildman–Crippen LogP) is 10.6. The Balaban J connectivity index is 2.36. The lowest BCUT2D eigenvalue weighted by Crippen LogP contribution is -2.19. The molecule has 2 rings (SSSR count). The topological polar surface area (TPSA) is 76.0 Å². The van der Waals surface area contributed by atoms with Crippen molar-refractivity contribution in [2.45, 2.75) is 129 Å². The summed E-state index contributed by atoms with van der Waals surface area (Å²) in [4.78, 5) is 19.3. The molecule has 0 aliphatic rings. The van der Waals surface area contributed by atoms with Crippen LogP contribution < -0.4 is 9.26 Å². The Labute approximate surface area is 251 Å². The first kappa shape index (κ1) is 34.9. The van der Waals surface area contributed by atoms with Crippen molar-refractivity contribution in [1.29, 1.82) is 0 Å². The Morgan fingerprint density at radius 2 is 1.32 bits per heavy atom. The highest BCUT2D eigenvalue weighted by molar-refractivity contribution is 9.08. The summed E-state index contributed by atoms with van der Waals surface area (Å²) in [6.45, 7) is 15.9. The third kappa shape index (κ3) is 11.2. The van der Waals surface area contributed by atoms with Gasteiger partial charge in [-0.3, -0.25) is 9.79 Å². The highest BCUT2D eigenvalue weighted by Crippen LogP contribution is 2.48. The van der Waals surface area contributed by atoms with E-state index in [4.69, 9.17) is 9.26 Å². The number of hydrogen-bond acceptors (Lipinski definition) is 3. The fraction of sp³-hybridized carbons (Fsp3) is 0.636. The van der Waals surface area contributed by atoms with Crippen LogP contribution >= 0.6 is 23.8 Å². The quantitative estimate of drug-likeness (QED) is 0.109. The molecule has 0 aromatic heterocycles. The van der Waals surface area contributed by atoms with Gasteiger partial charge in [-0.2, -0.15) is 0 Å². The molecule has 0 saturated carbocycles. The van der Waals surface area contributed by atoms with Crippen LogP contribution in [0.5, 0.6) is 11.5 Å². The molecule has 0 radical (unpaired) electrons. The molecule has 0 saturated heterocycles. The van der Waals surface area contributed by atoms with E-state index in [1.807, 2.05) is 6.07 Å². The Kier molecular flexibility index (Phi) is 13.7. The number of halogens is 1. The van der Waals surface area contributed by atoms with Crippen molar-refractivity contribution in [2.24, 2.45) is 0 Å². The molecule has 0 aliphatic carbocycles. The van der Waals surface area contributed by atoms with Gasteiger partial charge >= 0.3 is 7.82 Å². The van der Waals surface area contributed by atoms with Crippen LogP contribution in [0.25, 0.3) is 11.1 Å². The number of unbranched alkanes of at least 4 members (excludes halogenated alkanes) is 9. The van der Waals surface area contributed by atoms with Crippen molar-refractivity contribution in [3.8, 4) is 22.6 Å². The maximum Gasteiger partial charge on any atom is 0.524 e. The summed E-state index contributed by atoms with van der Waals surface area (Å²) >= 11 is 3.57. The van der Waals surface area contributed by atoms with Crippen LogP contribution in [-0.2, 0) is 20.7 Å². The molecule has 226 valence electrons. The van der Waals surface area contributed by atoms with E-state index in [1.54, 1.807) is 12.1 Å². The summed E-state index contributed by atoms with van der Waals surface area (Å²) in [7, 11) is -4.76. The SMILES string of the molecule is CCCCCCCCCCCCOc1cc(-c2c(CBr)cccc2OP(=O)(O)O)c(C(C)(C)C)cc1C(C)(C)C. The highest BCUT2D eigenvalue weighted by Gasteiger charge is 2.30. The van der Waals surface area contributed by atoms with Gasteiger partial charge in [0.25, 0.3) is 0 Å². The van der Waals surface area contributed by atoms with E-state index in [0.29, 0.717) is 17.5 Å². The first-order chi connectivity index (χ1) is 18.7. The minimum atomic E-state index is -4.76. The molecule has 0 fully saturated rings. The summed E-state index contributed by atoms with van der Waals surface area (Å²) < 4.78 is 23.6. The molecule has 2 aromatic carbocycles. The molecule has 0 unspecified atom stereocenters. The van der Waals surface area contributed by atoms with Crippen LogP contribution in [-0.4, -0.2) is 16.4 Å². The van der Waals surface area contributed by atoms with E-state index in [-0.39, 0.29) is 16.6 Å². The smallest absolute Gasteiger partial charge is 0.493 e. The second-order valence-corrected chi connectivity index (χ2v) is 14.7. The second-order valence-electron chi connectivity index (χ2n) is 12.9. The molecule has 40 heavy (non-hydrogen) atoms. The summed E-state index contributed by atoms with van der Waals surface area (Å²) in [5.74, 6) is 0.984. The number of hydrogen-bond donors (Lipinski definition) is 2. The van der Waals surface area contributed by atoms with Gasteiger partial charge in [0, 0.05) is 10.9 Å². The largest absolute Gasteiger partial charge is 0.524 e. The summed E-state index contributed by atoms with van der Waals surface area (Å²) in [6, 6.07) is 9.61. The lowest BCUT2D eigenvalue weighted by atomic mass is 9.76. The molecule has 0 heterocycles. The third-order valence-electron chi connectivity index (χ3n) is 7.23. The van der Waals surface area contributed by atoms with Gasteiger partial charge in [0.15, 0.2) is 0 Å². The van der Waals surface area contributed by atoms with Crippen LogP contribution in [0.1, 0.15) is 129 Å². The van der Waals surface area contributed by atoms with E-state index in [1.165, 1.54) is 51.4 Å². The first-order valence-electron chi connectivity index (χ1n) is 14.9. The number of rotatable bonds is 16. The van der Waals surface area contributed by atoms with E-state index in [2.05, 4.69) is 76.5 Å². The first-order valence-corrected chi connectivity index (χ1v) is 17.6. The Hall–Kier alpha value is -1.33. The minimum Gasteiger partial charge on any atom is -0.493 e. The zero-order valence-corrected chi connectivity index (χ0v) is 28.3. The van der Waals surface area contributed by atoms with Crippen molar-refractivity contribution in [2.75, 3.05) is 6.61 Å². The van der Waals surface area contributed by atoms with Crippen LogP contribution in [0.2, 0.25) is 0 Å². The number of ether oxygens (including phenoxy) is 1. The summed E-state index contributed by atoms with van der Waals surface area (Å²) in [6.07, 6.45) is 12.7. The lowest BCUT2D eigenvalue weighted by molar-refractivity contribution is 0.283. The molecule has 0 bridgehead atoms. The van der Waals surface area contributed by atoms with Crippen LogP contribution in [0.15, 0.2) is 30.3 Å². The fourth-order valence-corrected chi connectivity index (χ4v) is 5.96. The van der Waals surface area contributed by atoms with Crippen LogP contribution in [0.4, 0.5) is 0 Å². The number of benzene rings is 2. The van der Waals surface area contributed by atoms with Gasteiger partial charge in [0.05, 0.1) is 6.61 Å². The molecule has 2 aromatic rings. The zero-order chi connectivity index (χ0) is 30.0. The molecular formula is C33H52BrO5P. The molecule has 2 N–H and O–H groups in total. The van der Waals surface area contributed by atoms with Crippen molar-refractivity contribution < 1.29 is 23.6 Å². The second kappa shape index (κ2) is 15.8. The van der Waals surface area contributed by atoms with Crippen molar-refractivity contribution in [1.82, 2.24) is 0 Å². The lowest BCUT2D eigenvalue weighted by Gasteiger charge is -2.31. The van der Waals surface area contributed by atoms with Crippen LogP contribution in [0.3, 0.4) is 0 Å². The van der Waals surface area contributed by atoms with Crippen molar-refractivity contribution in [3.63, 3.8) is 0 Å². The molecule has 0 atom stereocenters. The van der Waals surface area contributed by atoms with Gasteiger partial charge < -0.3 is 9.26 Å². The van der Waals surface area contributed by atoms with E-state index in [0.717, 1.165) is 40.8 Å². The van der Waals surface area contributed by atoms with E-state index >= 15 is 0 Å². The van der Waals surface area contributed by atoms with Crippen LogP contribution in [0, 0.1) is 0 Å². The maximum absolute atomic E-state index is 11.9. The number of phosphoric ester groups is 1. The molecule has 0 amide bonds. The zero-order valence-electron chi connectivity index (χ0n) is 25.8.